The molecule has 2 fully saturated rings. The summed E-state index contributed by atoms with van der Waals surface area (Å²) in [7, 11) is 0. The molecule has 1 aliphatic heterocycles. The summed E-state index contributed by atoms with van der Waals surface area (Å²) in [6.07, 6.45) is 4.34. The van der Waals surface area contributed by atoms with Gasteiger partial charge in [-0.3, -0.25) is 19.8 Å². The zero-order valence-corrected chi connectivity index (χ0v) is 11.4. The lowest BCUT2D eigenvalue weighted by Crippen LogP contribution is -2.53. The van der Waals surface area contributed by atoms with Gasteiger partial charge in [0.2, 0.25) is 5.91 Å². The Balaban J connectivity index is 1.59. The number of nitrogens with one attached hydrogen (secondary N) is 2. The summed E-state index contributed by atoms with van der Waals surface area (Å²) in [5, 5.41) is 13.7. The number of urea groups is 1. The molecule has 7 nitrogen and oxygen atoms in total. The zero-order valence-electron chi connectivity index (χ0n) is 11.4. The average molecular weight is 283 g/mol. The number of aliphatic carboxylic acids is 1. The lowest BCUT2D eigenvalue weighted by molar-refractivity contribution is -0.139. The number of rotatable bonds is 5. The molecule has 3 amide bonds. The Kier molecular flexibility index (Phi) is 4.94. The summed E-state index contributed by atoms with van der Waals surface area (Å²) in [4.78, 5) is 35.5. The third-order valence-corrected chi connectivity index (χ3v) is 3.81. The van der Waals surface area contributed by atoms with Crippen LogP contribution in [0.4, 0.5) is 4.79 Å². The molecule has 1 saturated heterocycles. The highest BCUT2D eigenvalue weighted by Gasteiger charge is 2.30. The van der Waals surface area contributed by atoms with Crippen LogP contribution in [0.15, 0.2) is 0 Å². The Hall–Kier alpha value is -1.63. The second kappa shape index (κ2) is 6.69. The van der Waals surface area contributed by atoms with Gasteiger partial charge in [-0.05, 0) is 18.8 Å². The van der Waals surface area contributed by atoms with Crippen LogP contribution in [0.25, 0.3) is 0 Å². The van der Waals surface area contributed by atoms with Crippen molar-refractivity contribution in [2.75, 3.05) is 19.6 Å². The van der Waals surface area contributed by atoms with Crippen LogP contribution in [-0.2, 0) is 9.59 Å². The molecule has 0 aromatic carbocycles. The van der Waals surface area contributed by atoms with Crippen LogP contribution >= 0.6 is 0 Å². The largest absolute Gasteiger partial charge is 0.481 e. The molecule has 3 N–H and O–H groups in total. The molecule has 0 aromatic heterocycles. The molecular weight excluding hydrogens is 262 g/mol. The maximum atomic E-state index is 11.6. The first-order chi connectivity index (χ1) is 9.52. The first-order valence-electron chi connectivity index (χ1n) is 7.07. The fourth-order valence-electron chi connectivity index (χ4n) is 2.84. The van der Waals surface area contributed by atoms with Gasteiger partial charge in [0.05, 0.1) is 13.0 Å². The van der Waals surface area contributed by atoms with Gasteiger partial charge in [-0.1, -0.05) is 12.8 Å². The second-order valence-electron chi connectivity index (χ2n) is 5.66. The number of carboxylic acid groups (broad SMARTS) is 1. The molecule has 0 radical (unpaired) electrons. The summed E-state index contributed by atoms with van der Waals surface area (Å²) in [5.74, 6) is -1.03. The van der Waals surface area contributed by atoms with Crippen LogP contribution in [0.5, 0.6) is 0 Å². The van der Waals surface area contributed by atoms with Crippen molar-refractivity contribution in [2.45, 2.75) is 38.1 Å². The highest BCUT2D eigenvalue weighted by atomic mass is 16.4. The lowest BCUT2D eigenvalue weighted by Gasteiger charge is -2.37. The van der Waals surface area contributed by atoms with E-state index in [0.29, 0.717) is 13.1 Å². The standard InChI is InChI=1S/C13H21N3O4/c17-11(8-16-6-9(7-16)5-12(18)19)15-13(20)14-10-3-1-2-4-10/h9-10H,1-8H2,(H,18,19)(H2,14,15,17,20). The molecule has 1 heterocycles. The molecule has 0 aromatic rings. The highest BCUT2D eigenvalue weighted by Crippen LogP contribution is 2.18. The topological polar surface area (TPSA) is 98.7 Å². The van der Waals surface area contributed by atoms with E-state index in [4.69, 9.17) is 5.11 Å². The minimum absolute atomic E-state index is 0.118. The summed E-state index contributed by atoms with van der Waals surface area (Å²) in [6, 6.07) is -0.240. The van der Waals surface area contributed by atoms with E-state index in [0.717, 1.165) is 25.7 Å². The quantitative estimate of drug-likeness (QED) is 0.667. The molecule has 0 bridgehead atoms. The maximum Gasteiger partial charge on any atom is 0.321 e. The van der Waals surface area contributed by atoms with Gasteiger partial charge in [0.15, 0.2) is 0 Å². The van der Waals surface area contributed by atoms with Crippen molar-refractivity contribution < 1.29 is 19.5 Å². The number of carbonyl (C=O) groups excluding carboxylic acids is 2. The van der Waals surface area contributed by atoms with Gasteiger partial charge in [0, 0.05) is 19.1 Å². The van der Waals surface area contributed by atoms with Crippen LogP contribution in [0, 0.1) is 5.92 Å². The van der Waals surface area contributed by atoms with Crippen molar-refractivity contribution in [1.29, 1.82) is 0 Å². The molecule has 20 heavy (non-hydrogen) atoms. The number of amides is 3. The predicted octanol–water partition coefficient (Wildman–Crippen LogP) is 0.161. The fourth-order valence-corrected chi connectivity index (χ4v) is 2.84. The van der Waals surface area contributed by atoms with E-state index < -0.39 is 12.0 Å². The Morgan fingerprint density at radius 1 is 1.15 bits per heavy atom. The second-order valence-corrected chi connectivity index (χ2v) is 5.66. The monoisotopic (exact) mass is 283 g/mol. The number of carbonyl (C=O) groups is 3. The van der Waals surface area contributed by atoms with Crippen LogP contribution in [0.3, 0.4) is 0 Å². The molecule has 1 saturated carbocycles. The van der Waals surface area contributed by atoms with Gasteiger partial charge in [-0.15, -0.1) is 0 Å². The van der Waals surface area contributed by atoms with Crippen molar-refractivity contribution in [3.63, 3.8) is 0 Å². The van der Waals surface area contributed by atoms with Gasteiger partial charge < -0.3 is 10.4 Å². The van der Waals surface area contributed by atoms with E-state index in [9.17, 15) is 14.4 Å². The van der Waals surface area contributed by atoms with E-state index in [1.54, 1.807) is 0 Å². The summed E-state index contributed by atoms with van der Waals surface area (Å²) in [6.45, 7) is 1.35. The van der Waals surface area contributed by atoms with Gasteiger partial charge in [-0.25, -0.2) is 4.79 Å². The van der Waals surface area contributed by atoms with Gasteiger partial charge in [-0.2, -0.15) is 0 Å². The summed E-state index contributed by atoms with van der Waals surface area (Å²) < 4.78 is 0. The molecule has 1 aliphatic carbocycles. The molecule has 0 unspecified atom stereocenters. The Bertz CT molecular complexity index is 387. The Labute approximate surface area is 117 Å². The lowest BCUT2D eigenvalue weighted by atomic mass is 9.96. The maximum absolute atomic E-state index is 11.6. The highest BCUT2D eigenvalue weighted by molar-refractivity contribution is 5.95. The molecule has 2 rings (SSSR count). The van der Waals surface area contributed by atoms with Crippen LogP contribution in [0.2, 0.25) is 0 Å². The third kappa shape index (κ3) is 4.48. The molecular formula is C13H21N3O4. The SMILES string of the molecule is O=C(O)CC1CN(CC(=O)NC(=O)NC2CCCC2)C1. The van der Waals surface area contributed by atoms with Gasteiger partial charge in [0.1, 0.15) is 0 Å². The number of carboxylic acids is 1. The Morgan fingerprint density at radius 2 is 1.80 bits per heavy atom. The first-order valence-corrected chi connectivity index (χ1v) is 7.07. The number of hydrogen-bond acceptors (Lipinski definition) is 4. The predicted molar refractivity (Wildman–Crippen MR) is 71.1 cm³/mol. The van der Waals surface area contributed by atoms with E-state index in [-0.39, 0.29) is 30.8 Å². The Morgan fingerprint density at radius 3 is 2.40 bits per heavy atom. The minimum atomic E-state index is -0.810. The van der Waals surface area contributed by atoms with E-state index in [2.05, 4.69) is 10.6 Å². The number of nitrogens with zero attached hydrogens (tertiary/aromatic N) is 1. The molecule has 0 spiro atoms. The summed E-state index contributed by atoms with van der Waals surface area (Å²) in [5.41, 5.74) is 0. The van der Waals surface area contributed by atoms with Crippen LogP contribution in [-0.4, -0.2) is 53.6 Å². The number of imide groups is 1. The third-order valence-electron chi connectivity index (χ3n) is 3.81. The van der Waals surface area contributed by atoms with Crippen LogP contribution < -0.4 is 10.6 Å². The van der Waals surface area contributed by atoms with E-state index in [1.165, 1.54) is 0 Å². The molecule has 112 valence electrons. The van der Waals surface area contributed by atoms with Crippen molar-refractivity contribution in [2.24, 2.45) is 5.92 Å². The zero-order chi connectivity index (χ0) is 14.5. The normalized spacial score (nSPS) is 20.4. The van der Waals surface area contributed by atoms with Gasteiger partial charge in [0.25, 0.3) is 0 Å². The summed E-state index contributed by atoms with van der Waals surface area (Å²) >= 11 is 0. The van der Waals surface area contributed by atoms with Crippen LogP contribution in [0.1, 0.15) is 32.1 Å². The number of likely N-dealkylation sites (tertiary alicyclic amines) is 1. The first kappa shape index (κ1) is 14.8. The average Bonchev–Trinajstić information content (AvgIpc) is 2.77. The van der Waals surface area contributed by atoms with Crippen molar-refractivity contribution in [1.82, 2.24) is 15.5 Å². The fraction of sp³-hybridized carbons (Fsp3) is 0.769. The van der Waals surface area contributed by atoms with Crippen molar-refractivity contribution >= 4 is 17.9 Å². The van der Waals surface area contributed by atoms with Crippen molar-refractivity contribution in [3.05, 3.63) is 0 Å². The van der Waals surface area contributed by atoms with Crippen molar-refractivity contribution in [3.8, 4) is 0 Å². The molecule has 7 heteroatoms. The molecule has 0 atom stereocenters. The van der Waals surface area contributed by atoms with E-state index >= 15 is 0 Å². The minimum Gasteiger partial charge on any atom is -0.481 e. The number of hydrogen-bond donors (Lipinski definition) is 3. The van der Waals surface area contributed by atoms with Gasteiger partial charge >= 0.3 is 12.0 Å². The van der Waals surface area contributed by atoms with E-state index in [1.807, 2.05) is 4.90 Å². The smallest absolute Gasteiger partial charge is 0.321 e. The molecule has 2 aliphatic rings.